The van der Waals surface area contributed by atoms with Crippen molar-refractivity contribution < 1.29 is 29.0 Å². The number of aromatic hydroxyl groups is 1. The molecule has 9 heteroatoms. The highest BCUT2D eigenvalue weighted by atomic mass is 16.5. The van der Waals surface area contributed by atoms with Crippen LogP contribution < -0.4 is 25.0 Å². The molecule has 3 rings (SSSR count). The molecule has 0 aromatic heterocycles. The SMILES string of the molecule is COc1ccc(OC)c(N2CC(C(=O)NCCNC(=O)c3ccc(O)cc3)CC2=O)c1. The van der Waals surface area contributed by atoms with Crippen molar-refractivity contribution in [3.8, 4) is 17.2 Å². The van der Waals surface area contributed by atoms with Crippen LogP contribution in [0.1, 0.15) is 16.8 Å². The number of methoxy groups -OCH3 is 2. The number of carbonyl (C=O) groups is 3. The monoisotopic (exact) mass is 427 g/mol. The molecule has 1 aliphatic heterocycles. The molecule has 0 saturated carbocycles. The molecule has 31 heavy (non-hydrogen) atoms. The number of hydrogen-bond acceptors (Lipinski definition) is 6. The van der Waals surface area contributed by atoms with E-state index < -0.39 is 5.92 Å². The molecule has 2 aromatic carbocycles. The first-order chi connectivity index (χ1) is 14.9. The van der Waals surface area contributed by atoms with Gasteiger partial charge >= 0.3 is 0 Å². The Labute approximate surface area is 179 Å². The van der Waals surface area contributed by atoms with E-state index in [1.54, 1.807) is 18.2 Å². The van der Waals surface area contributed by atoms with Gasteiger partial charge in [0, 0.05) is 37.7 Å². The molecule has 0 bridgehead atoms. The van der Waals surface area contributed by atoms with Crippen molar-refractivity contribution in [3.63, 3.8) is 0 Å². The third kappa shape index (κ3) is 5.25. The van der Waals surface area contributed by atoms with Crippen LogP contribution in [0.4, 0.5) is 5.69 Å². The van der Waals surface area contributed by atoms with Crippen LogP contribution >= 0.6 is 0 Å². The summed E-state index contributed by atoms with van der Waals surface area (Å²) in [5, 5.41) is 14.7. The van der Waals surface area contributed by atoms with E-state index in [0.29, 0.717) is 22.7 Å². The molecule has 0 spiro atoms. The fourth-order valence-electron chi connectivity index (χ4n) is 3.34. The van der Waals surface area contributed by atoms with Gasteiger partial charge in [0.05, 0.1) is 25.8 Å². The van der Waals surface area contributed by atoms with E-state index in [1.807, 2.05) is 0 Å². The summed E-state index contributed by atoms with van der Waals surface area (Å²) < 4.78 is 10.6. The lowest BCUT2D eigenvalue weighted by Gasteiger charge is -2.20. The van der Waals surface area contributed by atoms with Gasteiger partial charge in [-0.3, -0.25) is 14.4 Å². The normalized spacial score (nSPS) is 15.5. The zero-order chi connectivity index (χ0) is 22.4. The summed E-state index contributed by atoms with van der Waals surface area (Å²) in [5.41, 5.74) is 0.969. The predicted molar refractivity (Wildman–Crippen MR) is 113 cm³/mol. The lowest BCUT2D eigenvalue weighted by atomic mass is 10.1. The lowest BCUT2D eigenvalue weighted by Crippen LogP contribution is -2.38. The number of ether oxygens (including phenoxy) is 2. The number of hydrogen-bond donors (Lipinski definition) is 3. The molecule has 1 saturated heterocycles. The Bertz CT molecular complexity index is 960. The Morgan fingerprint density at radius 2 is 1.77 bits per heavy atom. The van der Waals surface area contributed by atoms with E-state index in [1.165, 1.54) is 43.4 Å². The van der Waals surface area contributed by atoms with E-state index in [4.69, 9.17) is 9.47 Å². The van der Waals surface area contributed by atoms with Crippen molar-refractivity contribution >= 4 is 23.4 Å². The maximum atomic E-state index is 12.5. The number of carbonyl (C=O) groups excluding carboxylic acids is 3. The second-order valence-electron chi connectivity index (χ2n) is 7.04. The molecule has 0 aliphatic carbocycles. The third-order valence-corrected chi connectivity index (χ3v) is 5.01. The molecule has 1 fully saturated rings. The fraction of sp³-hybridized carbons (Fsp3) is 0.318. The number of anilines is 1. The Kier molecular flexibility index (Phi) is 6.96. The Morgan fingerprint density at radius 3 is 2.45 bits per heavy atom. The van der Waals surface area contributed by atoms with Gasteiger partial charge in [-0.25, -0.2) is 0 Å². The van der Waals surface area contributed by atoms with Crippen molar-refractivity contribution in [1.82, 2.24) is 10.6 Å². The minimum absolute atomic E-state index is 0.0792. The van der Waals surface area contributed by atoms with Crippen LogP contribution in [0.2, 0.25) is 0 Å². The van der Waals surface area contributed by atoms with E-state index in [9.17, 15) is 19.5 Å². The van der Waals surface area contributed by atoms with Crippen LogP contribution in [0, 0.1) is 5.92 Å². The van der Waals surface area contributed by atoms with Gasteiger partial charge in [0.15, 0.2) is 0 Å². The molecular weight excluding hydrogens is 402 g/mol. The van der Waals surface area contributed by atoms with Gasteiger partial charge in [-0.15, -0.1) is 0 Å². The van der Waals surface area contributed by atoms with Crippen molar-refractivity contribution in [3.05, 3.63) is 48.0 Å². The number of phenols is 1. The Balaban J connectivity index is 1.51. The van der Waals surface area contributed by atoms with E-state index >= 15 is 0 Å². The lowest BCUT2D eigenvalue weighted by molar-refractivity contribution is -0.126. The first-order valence-corrected chi connectivity index (χ1v) is 9.80. The van der Waals surface area contributed by atoms with Gasteiger partial charge < -0.3 is 30.1 Å². The summed E-state index contributed by atoms with van der Waals surface area (Å²) in [5.74, 6) is -0.0507. The molecule has 3 N–H and O–H groups in total. The molecule has 3 amide bonds. The molecule has 1 heterocycles. The second-order valence-corrected chi connectivity index (χ2v) is 7.04. The molecule has 1 atom stereocenters. The summed E-state index contributed by atoms with van der Waals surface area (Å²) in [6.07, 6.45) is 0.0894. The first kappa shape index (κ1) is 21.9. The van der Waals surface area contributed by atoms with Crippen LogP contribution in [0.15, 0.2) is 42.5 Å². The van der Waals surface area contributed by atoms with Gasteiger partial charge in [-0.2, -0.15) is 0 Å². The third-order valence-electron chi connectivity index (χ3n) is 5.01. The zero-order valence-corrected chi connectivity index (χ0v) is 17.4. The van der Waals surface area contributed by atoms with Gasteiger partial charge in [-0.05, 0) is 36.4 Å². The second kappa shape index (κ2) is 9.84. The molecule has 1 unspecified atom stereocenters. The zero-order valence-electron chi connectivity index (χ0n) is 17.4. The molecule has 164 valence electrons. The fourth-order valence-corrected chi connectivity index (χ4v) is 3.34. The van der Waals surface area contributed by atoms with Crippen molar-refractivity contribution in [1.29, 1.82) is 0 Å². The number of nitrogens with one attached hydrogen (secondary N) is 2. The summed E-state index contributed by atoms with van der Waals surface area (Å²) in [4.78, 5) is 38.6. The van der Waals surface area contributed by atoms with Crippen molar-refractivity contribution in [2.45, 2.75) is 6.42 Å². The Morgan fingerprint density at radius 1 is 1.06 bits per heavy atom. The van der Waals surface area contributed by atoms with E-state index in [0.717, 1.165) is 0 Å². The average Bonchev–Trinajstić information content (AvgIpc) is 3.17. The number of phenolic OH excluding ortho intramolecular Hbond substituents is 1. The van der Waals surface area contributed by atoms with Crippen LogP contribution in [0.5, 0.6) is 17.2 Å². The number of nitrogens with zero attached hydrogens (tertiary/aromatic N) is 1. The quantitative estimate of drug-likeness (QED) is 0.547. The van der Waals surface area contributed by atoms with Gasteiger partial charge in [0.1, 0.15) is 17.2 Å². The largest absolute Gasteiger partial charge is 0.508 e. The number of rotatable bonds is 8. The highest BCUT2D eigenvalue weighted by Crippen LogP contribution is 2.36. The molecule has 1 aliphatic rings. The average molecular weight is 427 g/mol. The minimum atomic E-state index is -0.504. The van der Waals surface area contributed by atoms with Crippen molar-refractivity contribution in [2.75, 3.05) is 38.8 Å². The molecule has 9 nitrogen and oxygen atoms in total. The topological polar surface area (TPSA) is 117 Å². The highest BCUT2D eigenvalue weighted by molar-refractivity contribution is 6.01. The molecular formula is C22H25N3O6. The van der Waals surface area contributed by atoms with Crippen molar-refractivity contribution in [2.24, 2.45) is 5.92 Å². The summed E-state index contributed by atoms with van der Waals surface area (Å²) in [6.45, 7) is 0.698. The number of benzene rings is 2. The maximum absolute atomic E-state index is 12.5. The van der Waals surface area contributed by atoms with Gasteiger partial charge in [-0.1, -0.05) is 0 Å². The van der Waals surface area contributed by atoms with Crippen LogP contribution in [0.3, 0.4) is 0 Å². The first-order valence-electron chi connectivity index (χ1n) is 9.80. The predicted octanol–water partition coefficient (Wildman–Crippen LogP) is 1.31. The summed E-state index contributed by atoms with van der Waals surface area (Å²) in [6, 6.07) is 11.0. The van der Waals surface area contributed by atoms with E-state index in [-0.39, 0.29) is 49.5 Å². The smallest absolute Gasteiger partial charge is 0.251 e. The summed E-state index contributed by atoms with van der Waals surface area (Å²) in [7, 11) is 3.05. The Hall–Kier alpha value is -3.75. The van der Waals surface area contributed by atoms with Crippen LogP contribution in [-0.2, 0) is 9.59 Å². The minimum Gasteiger partial charge on any atom is -0.508 e. The molecule has 2 aromatic rings. The number of amides is 3. The van der Waals surface area contributed by atoms with Crippen LogP contribution in [0.25, 0.3) is 0 Å². The maximum Gasteiger partial charge on any atom is 0.251 e. The van der Waals surface area contributed by atoms with Gasteiger partial charge in [0.2, 0.25) is 11.8 Å². The van der Waals surface area contributed by atoms with E-state index in [2.05, 4.69) is 10.6 Å². The molecule has 0 radical (unpaired) electrons. The summed E-state index contributed by atoms with van der Waals surface area (Å²) >= 11 is 0. The van der Waals surface area contributed by atoms with Gasteiger partial charge in [0.25, 0.3) is 5.91 Å². The van der Waals surface area contributed by atoms with Crippen LogP contribution in [-0.4, -0.2) is 56.7 Å². The highest BCUT2D eigenvalue weighted by Gasteiger charge is 2.36. The standard InChI is InChI=1S/C22H25N3O6/c1-30-17-7-8-19(31-2)18(12-17)25-13-15(11-20(25)27)22(29)24-10-9-23-21(28)14-3-5-16(26)6-4-14/h3-8,12,15,26H,9-11,13H2,1-2H3,(H,23,28)(H,24,29).